The lowest BCUT2D eigenvalue weighted by molar-refractivity contribution is -0.115. The molecule has 0 spiro atoms. The van der Waals surface area contributed by atoms with Gasteiger partial charge in [0.05, 0.1) is 10.8 Å². The smallest absolute Gasteiger partial charge is 0.256 e. The molecule has 1 aromatic rings. The quantitative estimate of drug-likeness (QED) is 0.757. The SMILES string of the molecule is Cc1ccc(SCC2=NC(=O)CS2)cc1. The van der Waals surface area contributed by atoms with Crippen LogP contribution in [-0.4, -0.2) is 22.5 Å². The van der Waals surface area contributed by atoms with E-state index in [-0.39, 0.29) is 5.91 Å². The number of nitrogens with zero attached hydrogens (tertiary/aromatic N) is 1. The van der Waals surface area contributed by atoms with E-state index in [1.54, 1.807) is 23.5 Å². The van der Waals surface area contributed by atoms with Crippen LogP contribution in [0, 0.1) is 6.92 Å². The second kappa shape index (κ2) is 4.86. The highest BCUT2D eigenvalue weighted by molar-refractivity contribution is 8.17. The highest BCUT2D eigenvalue weighted by Gasteiger charge is 2.14. The number of carbonyl (C=O) groups excluding carboxylic acids is 1. The maximum atomic E-state index is 10.9. The Hall–Kier alpha value is -0.740. The lowest BCUT2D eigenvalue weighted by Gasteiger charge is -2.00. The molecule has 1 heterocycles. The minimum absolute atomic E-state index is 0.000457. The zero-order chi connectivity index (χ0) is 10.7. The van der Waals surface area contributed by atoms with Gasteiger partial charge in [0.1, 0.15) is 0 Å². The molecule has 0 aliphatic carbocycles. The fourth-order valence-corrected chi connectivity index (χ4v) is 2.92. The summed E-state index contributed by atoms with van der Waals surface area (Å²) >= 11 is 3.28. The second-order valence-corrected chi connectivity index (χ2v) is 5.39. The van der Waals surface area contributed by atoms with Crippen LogP contribution in [-0.2, 0) is 4.79 Å². The van der Waals surface area contributed by atoms with Gasteiger partial charge in [-0.1, -0.05) is 29.5 Å². The van der Waals surface area contributed by atoms with E-state index in [2.05, 4.69) is 36.2 Å². The Morgan fingerprint density at radius 2 is 2.13 bits per heavy atom. The molecule has 2 rings (SSSR count). The Morgan fingerprint density at radius 3 is 2.73 bits per heavy atom. The monoisotopic (exact) mass is 237 g/mol. The Kier molecular flexibility index (Phi) is 3.49. The lowest BCUT2D eigenvalue weighted by atomic mass is 10.2. The van der Waals surface area contributed by atoms with Crippen LogP contribution in [0.4, 0.5) is 0 Å². The molecule has 0 bridgehead atoms. The molecule has 1 aliphatic heterocycles. The summed E-state index contributed by atoms with van der Waals surface area (Å²) < 4.78 is 0. The van der Waals surface area contributed by atoms with Crippen molar-refractivity contribution in [3.63, 3.8) is 0 Å². The van der Waals surface area contributed by atoms with Crippen LogP contribution in [0.1, 0.15) is 5.56 Å². The summed E-state index contributed by atoms with van der Waals surface area (Å²) in [6.45, 7) is 2.07. The van der Waals surface area contributed by atoms with E-state index in [0.717, 1.165) is 10.8 Å². The number of benzene rings is 1. The highest BCUT2D eigenvalue weighted by Crippen LogP contribution is 2.23. The maximum absolute atomic E-state index is 10.9. The van der Waals surface area contributed by atoms with E-state index < -0.39 is 0 Å². The van der Waals surface area contributed by atoms with Gasteiger partial charge in [-0.25, -0.2) is 4.99 Å². The van der Waals surface area contributed by atoms with Crippen LogP contribution in [0.3, 0.4) is 0 Å². The molecule has 0 fully saturated rings. The number of thioether (sulfide) groups is 2. The molecule has 0 unspecified atom stereocenters. The second-order valence-electron chi connectivity index (χ2n) is 3.29. The summed E-state index contributed by atoms with van der Waals surface area (Å²) in [5.74, 6) is 1.32. The van der Waals surface area contributed by atoms with Gasteiger partial charge in [-0.3, -0.25) is 4.79 Å². The molecule has 1 aromatic carbocycles. The van der Waals surface area contributed by atoms with Crippen molar-refractivity contribution in [3.05, 3.63) is 29.8 Å². The van der Waals surface area contributed by atoms with Crippen LogP contribution in [0.5, 0.6) is 0 Å². The summed E-state index contributed by atoms with van der Waals surface area (Å²) in [5.41, 5.74) is 1.27. The highest BCUT2D eigenvalue weighted by atomic mass is 32.2. The largest absolute Gasteiger partial charge is 0.272 e. The standard InChI is InChI=1S/C11H11NOS2/c1-8-2-4-9(5-3-8)14-7-11-12-10(13)6-15-11/h2-5H,6-7H2,1H3. The van der Waals surface area contributed by atoms with Gasteiger partial charge < -0.3 is 0 Å². The fourth-order valence-electron chi connectivity index (χ4n) is 1.20. The third kappa shape index (κ3) is 3.11. The van der Waals surface area contributed by atoms with E-state index in [1.165, 1.54) is 10.5 Å². The third-order valence-electron chi connectivity index (χ3n) is 1.99. The predicted octanol–water partition coefficient (Wildman–Crippen LogP) is 2.76. The van der Waals surface area contributed by atoms with Crippen molar-refractivity contribution in [1.29, 1.82) is 0 Å². The molecule has 0 N–H and O–H groups in total. The molecular weight excluding hydrogens is 226 g/mol. The Morgan fingerprint density at radius 1 is 1.40 bits per heavy atom. The van der Waals surface area contributed by atoms with Gasteiger partial charge in [-0.2, -0.15) is 0 Å². The van der Waals surface area contributed by atoms with E-state index in [0.29, 0.717) is 5.75 Å². The van der Waals surface area contributed by atoms with Gasteiger partial charge >= 0.3 is 0 Å². The molecule has 15 heavy (non-hydrogen) atoms. The maximum Gasteiger partial charge on any atom is 0.256 e. The van der Waals surface area contributed by atoms with Crippen molar-refractivity contribution in [3.8, 4) is 0 Å². The molecule has 78 valence electrons. The first kappa shape index (κ1) is 10.8. The normalized spacial score (nSPS) is 15.5. The first-order valence-electron chi connectivity index (χ1n) is 4.67. The number of rotatable bonds is 3. The Labute approximate surface area is 97.6 Å². The molecule has 1 aliphatic rings. The van der Waals surface area contributed by atoms with Gasteiger partial charge in [-0.05, 0) is 19.1 Å². The van der Waals surface area contributed by atoms with Crippen LogP contribution < -0.4 is 0 Å². The molecule has 0 atom stereocenters. The van der Waals surface area contributed by atoms with E-state index in [1.807, 2.05) is 0 Å². The van der Waals surface area contributed by atoms with Crippen molar-refractivity contribution in [2.75, 3.05) is 11.5 Å². The van der Waals surface area contributed by atoms with Gasteiger partial charge in [-0.15, -0.1) is 11.8 Å². The van der Waals surface area contributed by atoms with Gasteiger partial charge in [0.2, 0.25) is 0 Å². The van der Waals surface area contributed by atoms with Crippen molar-refractivity contribution in [1.82, 2.24) is 0 Å². The van der Waals surface area contributed by atoms with E-state index in [9.17, 15) is 4.79 Å². The lowest BCUT2D eigenvalue weighted by Crippen LogP contribution is -1.91. The van der Waals surface area contributed by atoms with Crippen molar-refractivity contribution in [2.45, 2.75) is 11.8 Å². The zero-order valence-electron chi connectivity index (χ0n) is 8.40. The number of aryl methyl sites for hydroxylation is 1. The average Bonchev–Trinajstić information content (AvgIpc) is 2.64. The zero-order valence-corrected chi connectivity index (χ0v) is 10.0. The molecule has 0 aromatic heterocycles. The van der Waals surface area contributed by atoms with Gasteiger partial charge in [0.15, 0.2) is 0 Å². The van der Waals surface area contributed by atoms with Crippen molar-refractivity contribution < 1.29 is 4.79 Å². The number of hydrogen-bond donors (Lipinski definition) is 0. The molecule has 4 heteroatoms. The number of carbonyl (C=O) groups is 1. The number of aliphatic imine (C=N–C) groups is 1. The molecule has 2 nitrogen and oxygen atoms in total. The molecule has 0 saturated carbocycles. The summed E-state index contributed by atoms with van der Waals surface area (Å²) in [6, 6.07) is 8.39. The number of amides is 1. The van der Waals surface area contributed by atoms with Crippen molar-refractivity contribution in [2.24, 2.45) is 4.99 Å². The molecule has 1 amide bonds. The van der Waals surface area contributed by atoms with Crippen LogP contribution in [0.2, 0.25) is 0 Å². The van der Waals surface area contributed by atoms with Crippen LogP contribution in [0.25, 0.3) is 0 Å². The molecular formula is C11H11NOS2. The topological polar surface area (TPSA) is 29.4 Å². The summed E-state index contributed by atoms with van der Waals surface area (Å²) in [5, 5.41) is 0.950. The summed E-state index contributed by atoms with van der Waals surface area (Å²) in [6.07, 6.45) is 0. The minimum Gasteiger partial charge on any atom is -0.272 e. The Balaban J connectivity index is 1.91. The summed E-state index contributed by atoms with van der Waals surface area (Å²) in [7, 11) is 0. The van der Waals surface area contributed by atoms with Gasteiger partial charge in [0.25, 0.3) is 5.91 Å². The average molecular weight is 237 g/mol. The van der Waals surface area contributed by atoms with Crippen LogP contribution >= 0.6 is 23.5 Å². The van der Waals surface area contributed by atoms with Crippen molar-refractivity contribution >= 4 is 34.5 Å². The van der Waals surface area contributed by atoms with Crippen LogP contribution in [0.15, 0.2) is 34.2 Å². The van der Waals surface area contributed by atoms with E-state index in [4.69, 9.17) is 0 Å². The first-order chi connectivity index (χ1) is 7.24. The first-order valence-corrected chi connectivity index (χ1v) is 6.64. The molecule has 0 saturated heterocycles. The fraction of sp³-hybridized carbons (Fsp3) is 0.273. The molecule has 0 radical (unpaired) electrons. The summed E-state index contributed by atoms with van der Waals surface area (Å²) in [4.78, 5) is 16.1. The Bertz CT molecular complexity index is 398. The third-order valence-corrected chi connectivity index (χ3v) is 4.16. The van der Waals surface area contributed by atoms with E-state index >= 15 is 0 Å². The predicted molar refractivity (Wildman–Crippen MR) is 66.8 cm³/mol. The number of hydrogen-bond acceptors (Lipinski definition) is 3. The minimum atomic E-state index is -0.000457. The van der Waals surface area contributed by atoms with Gasteiger partial charge in [0, 0.05) is 10.6 Å².